The van der Waals surface area contributed by atoms with Crippen LogP contribution in [-0.4, -0.2) is 15.8 Å². The lowest BCUT2D eigenvalue weighted by atomic mass is 10.3. The van der Waals surface area contributed by atoms with E-state index < -0.39 is 0 Å². The van der Waals surface area contributed by atoms with E-state index in [-0.39, 0.29) is 0 Å². The average Bonchev–Trinajstić information content (AvgIpc) is 2.68. The standard InChI is InChI=1S/C12H21N3/c1-5-10(4)13-9-12-8-11(6-2)14-15(12)7-3/h5,8,10,13H,1,6-7,9H2,2-4H3. The molecule has 1 unspecified atom stereocenters. The molecule has 3 heteroatoms. The van der Waals surface area contributed by atoms with Crippen LogP contribution in [0.4, 0.5) is 0 Å². The molecular weight excluding hydrogens is 186 g/mol. The van der Waals surface area contributed by atoms with E-state index in [9.17, 15) is 0 Å². The summed E-state index contributed by atoms with van der Waals surface area (Å²) in [5, 5.41) is 7.88. The molecular formula is C12H21N3. The van der Waals surface area contributed by atoms with Crippen LogP contribution in [0.15, 0.2) is 18.7 Å². The first kappa shape index (κ1) is 12.0. The smallest absolute Gasteiger partial charge is 0.0625 e. The van der Waals surface area contributed by atoms with Crippen LogP contribution < -0.4 is 5.32 Å². The topological polar surface area (TPSA) is 29.9 Å². The van der Waals surface area contributed by atoms with Crippen molar-refractivity contribution in [3.8, 4) is 0 Å². The minimum absolute atomic E-state index is 0.343. The third-order valence-electron chi connectivity index (χ3n) is 2.53. The molecule has 1 aromatic rings. The molecule has 84 valence electrons. The Bertz CT molecular complexity index is 315. The molecule has 1 heterocycles. The molecule has 3 nitrogen and oxygen atoms in total. The molecule has 15 heavy (non-hydrogen) atoms. The zero-order chi connectivity index (χ0) is 11.3. The second-order valence-electron chi connectivity index (χ2n) is 3.70. The van der Waals surface area contributed by atoms with Crippen LogP contribution in [0.5, 0.6) is 0 Å². The Balaban J connectivity index is 2.66. The third kappa shape index (κ3) is 3.20. The van der Waals surface area contributed by atoms with Gasteiger partial charge >= 0.3 is 0 Å². The normalized spacial score (nSPS) is 12.7. The van der Waals surface area contributed by atoms with Crippen molar-refractivity contribution in [2.24, 2.45) is 0 Å². The maximum Gasteiger partial charge on any atom is 0.0625 e. The van der Waals surface area contributed by atoms with Crippen molar-refractivity contribution >= 4 is 0 Å². The zero-order valence-corrected chi connectivity index (χ0v) is 9.95. The van der Waals surface area contributed by atoms with Crippen LogP contribution in [0, 0.1) is 0 Å². The van der Waals surface area contributed by atoms with E-state index in [0.717, 1.165) is 19.5 Å². The minimum atomic E-state index is 0.343. The van der Waals surface area contributed by atoms with Crippen molar-refractivity contribution in [2.45, 2.75) is 46.3 Å². The number of nitrogens with zero attached hydrogens (tertiary/aromatic N) is 2. The van der Waals surface area contributed by atoms with E-state index in [1.165, 1.54) is 11.4 Å². The van der Waals surface area contributed by atoms with E-state index in [0.29, 0.717) is 6.04 Å². The molecule has 0 aliphatic rings. The Kier molecular flexibility index (Phi) is 4.56. The molecule has 0 bridgehead atoms. The predicted octanol–water partition coefficient (Wildman–Crippen LogP) is 2.13. The van der Waals surface area contributed by atoms with Gasteiger partial charge in [0, 0.05) is 19.1 Å². The van der Waals surface area contributed by atoms with Crippen molar-refractivity contribution in [3.05, 3.63) is 30.1 Å². The second kappa shape index (κ2) is 5.71. The Morgan fingerprint density at radius 2 is 2.33 bits per heavy atom. The molecule has 0 aliphatic heterocycles. The Hall–Kier alpha value is -1.09. The lowest BCUT2D eigenvalue weighted by molar-refractivity contribution is 0.560. The maximum atomic E-state index is 4.50. The van der Waals surface area contributed by atoms with Gasteiger partial charge in [-0.25, -0.2) is 0 Å². The molecule has 0 aromatic carbocycles. The van der Waals surface area contributed by atoms with Gasteiger partial charge in [0.15, 0.2) is 0 Å². The van der Waals surface area contributed by atoms with Gasteiger partial charge < -0.3 is 5.32 Å². The van der Waals surface area contributed by atoms with Crippen molar-refractivity contribution in [1.29, 1.82) is 0 Å². The van der Waals surface area contributed by atoms with E-state index in [1.807, 2.05) is 6.08 Å². The van der Waals surface area contributed by atoms with Gasteiger partial charge in [0.2, 0.25) is 0 Å². The number of nitrogens with one attached hydrogen (secondary N) is 1. The maximum absolute atomic E-state index is 4.50. The Morgan fingerprint density at radius 3 is 2.87 bits per heavy atom. The second-order valence-corrected chi connectivity index (χ2v) is 3.70. The highest BCUT2D eigenvalue weighted by atomic mass is 15.3. The Morgan fingerprint density at radius 1 is 1.60 bits per heavy atom. The number of rotatable bonds is 6. The molecule has 0 radical (unpaired) electrons. The van der Waals surface area contributed by atoms with Crippen LogP contribution in [0.3, 0.4) is 0 Å². The van der Waals surface area contributed by atoms with E-state index >= 15 is 0 Å². The lowest BCUT2D eigenvalue weighted by Gasteiger charge is -2.09. The number of hydrogen-bond donors (Lipinski definition) is 1. The van der Waals surface area contributed by atoms with Gasteiger partial charge in [-0.1, -0.05) is 13.0 Å². The van der Waals surface area contributed by atoms with Gasteiger partial charge in [-0.15, -0.1) is 6.58 Å². The molecule has 1 atom stereocenters. The van der Waals surface area contributed by atoms with Crippen LogP contribution in [0.2, 0.25) is 0 Å². The molecule has 0 saturated heterocycles. The number of hydrogen-bond acceptors (Lipinski definition) is 2. The molecule has 0 fully saturated rings. The van der Waals surface area contributed by atoms with Crippen LogP contribution in [-0.2, 0) is 19.5 Å². The van der Waals surface area contributed by atoms with Gasteiger partial charge in [0.25, 0.3) is 0 Å². The van der Waals surface area contributed by atoms with E-state index in [4.69, 9.17) is 0 Å². The first-order chi connectivity index (χ1) is 7.21. The van der Waals surface area contributed by atoms with Crippen molar-refractivity contribution in [2.75, 3.05) is 0 Å². The zero-order valence-electron chi connectivity index (χ0n) is 9.95. The average molecular weight is 207 g/mol. The summed E-state index contributed by atoms with van der Waals surface area (Å²) in [5.74, 6) is 0. The van der Waals surface area contributed by atoms with Gasteiger partial charge in [-0.05, 0) is 26.3 Å². The molecule has 0 aliphatic carbocycles. The molecule has 1 aromatic heterocycles. The molecule has 0 spiro atoms. The first-order valence-corrected chi connectivity index (χ1v) is 5.62. The van der Waals surface area contributed by atoms with E-state index in [2.05, 4.69) is 48.5 Å². The third-order valence-corrected chi connectivity index (χ3v) is 2.53. The van der Waals surface area contributed by atoms with Gasteiger partial charge in [-0.2, -0.15) is 5.10 Å². The van der Waals surface area contributed by atoms with E-state index in [1.54, 1.807) is 0 Å². The predicted molar refractivity (Wildman–Crippen MR) is 63.8 cm³/mol. The highest BCUT2D eigenvalue weighted by Crippen LogP contribution is 2.05. The summed E-state index contributed by atoms with van der Waals surface area (Å²) in [4.78, 5) is 0. The van der Waals surface area contributed by atoms with Gasteiger partial charge in [-0.3, -0.25) is 4.68 Å². The van der Waals surface area contributed by atoms with Crippen molar-refractivity contribution in [3.63, 3.8) is 0 Å². The number of aromatic nitrogens is 2. The van der Waals surface area contributed by atoms with Crippen molar-refractivity contribution < 1.29 is 0 Å². The summed E-state index contributed by atoms with van der Waals surface area (Å²) < 4.78 is 2.06. The summed E-state index contributed by atoms with van der Waals surface area (Å²) in [5.41, 5.74) is 2.42. The number of aryl methyl sites for hydroxylation is 2. The Labute approximate surface area is 92.2 Å². The van der Waals surface area contributed by atoms with Gasteiger partial charge in [0.1, 0.15) is 0 Å². The molecule has 1 rings (SSSR count). The fourth-order valence-electron chi connectivity index (χ4n) is 1.45. The summed E-state index contributed by atoms with van der Waals surface area (Å²) in [7, 11) is 0. The minimum Gasteiger partial charge on any atom is -0.305 e. The van der Waals surface area contributed by atoms with Crippen LogP contribution in [0.1, 0.15) is 32.2 Å². The quantitative estimate of drug-likeness (QED) is 0.724. The molecule has 1 N–H and O–H groups in total. The van der Waals surface area contributed by atoms with Gasteiger partial charge in [0.05, 0.1) is 11.4 Å². The highest BCUT2D eigenvalue weighted by Gasteiger charge is 2.05. The SMILES string of the molecule is C=CC(C)NCc1cc(CC)nn1CC. The summed E-state index contributed by atoms with van der Waals surface area (Å²) in [6, 6.07) is 2.52. The highest BCUT2D eigenvalue weighted by molar-refractivity contribution is 5.10. The summed E-state index contributed by atoms with van der Waals surface area (Å²) >= 11 is 0. The fourth-order valence-corrected chi connectivity index (χ4v) is 1.45. The van der Waals surface area contributed by atoms with Crippen LogP contribution >= 0.6 is 0 Å². The largest absolute Gasteiger partial charge is 0.305 e. The monoisotopic (exact) mass is 207 g/mol. The fraction of sp³-hybridized carbons (Fsp3) is 0.583. The van der Waals surface area contributed by atoms with Crippen molar-refractivity contribution in [1.82, 2.24) is 15.1 Å². The molecule has 0 saturated carbocycles. The summed E-state index contributed by atoms with van der Waals surface area (Å²) in [6.45, 7) is 11.9. The first-order valence-electron chi connectivity index (χ1n) is 5.62. The molecule has 0 amide bonds. The van der Waals surface area contributed by atoms with Crippen LogP contribution in [0.25, 0.3) is 0 Å². The summed E-state index contributed by atoms with van der Waals surface area (Å²) in [6.07, 6.45) is 2.91. The lowest BCUT2D eigenvalue weighted by Crippen LogP contribution is -2.24.